The Morgan fingerprint density at radius 3 is 2.50 bits per heavy atom. The molecule has 0 spiro atoms. The molecule has 0 aromatic heterocycles. The summed E-state index contributed by atoms with van der Waals surface area (Å²) in [5.74, 6) is 0.607. The number of nitrogens with one attached hydrogen (secondary N) is 1. The Kier molecular flexibility index (Phi) is 5.72. The Balaban J connectivity index is 1.87. The molecule has 2 aromatic carbocycles. The fourth-order valence-corrected chi connectivity index (χ4v) is 2.15. The summed E-state index contributed by atoms with van der Waals surface area (Å²) in [5.41, 5.74) is 1.72. The van der Waals surface area contributed by atoms with E-state index in [1.165, 1.54) is 6.07 Å². The van der Waals surface area contributed by atoms with Gasteiger partial charge in [0.1, 0.15) is 11.6 Å². The van der Waals surface area contributed by atoms with Crippen molar-refractivity contribution in [2.75, 3.05) is 14.2 Å². The van der Waals surface area contributed by atoms with Gasteiger partial charge in [0, 0.05) is 25.7 Å². The zero-order chi connectivity index (χ0) is 15.9. The molecule has 0 aliphatic carbocycles. The van der Waals surface area contributed by atoms with Gasteiger partial charge in [0.25, 0.3) is 0 Å². The van der Waals surface area contributed by atoms with Gasteiger partial charge in [-0.15, -0.1) is 0 Å². The average Bonchev–Trinajstić information content (AvgIpc) is 2.55. The lowest BCUT2D eigenvalue weighted by Gasteiger charge is -2.21. The second-order valence-electron chi connectivity index (χ2n) is 4.95. The van der Waals surface area contributed by atoms with Crippen LogP contribution in [-0.4, -0.2) is 24.2 Å². The maximum atomic E-state index is 13.6. The number of rotatable bonds is 5. The molecule has 2 rings (SSSR count). The number of ether oxygens (including phenoxy) is 1. The molecule has 116 valence electrons. The fraction of sp³-hybridized carbons (Fsp3) is 0.235. The van der Waals surface area contributed by atoms with Crippen LogP contribution in [0.15, 0.2) is 48.5 Å². The van der Waals surface area contributed by atoms with Crippen LogP contribution in [0.25, 0.3) is 0 Å². The van der Waals surface area contributed by atoms with E-state index >= 15 is 0 Å². The third kappa shape index (κ3) is 4.43. The third-order valence-corrected chi connectivity index (χ3v) is 3.77. The largest absolute Gasteiger partial charge is 0.497 e. The van der Waals surface area contributed by atoms with Gasteiger partial charge in [0.2, 0.25) is 0 Å². The molecular formula is C17H19FN2OS. The first-order valence-electron chi connectivity index (χ1n) is 6.95. The molecule has 0 unspecified atom stereocenters. The van der Waals surface area contributed by atoms with E-state index in [1.54, 1.807) is 19.2 Å². The number of benzene rings is 2. The van der Waals surface area contributed by atoms with Gasteiger partial charge in [0.15, 0.2) is 5.11 Å². The summed E-state index contributed by atoms with van der Waals surface area (Å²) in [6.07, 6.45) is 0. The van der Waals surface area contributed by atoms with Gasteiger partial charge in [-0.2, -0.15) is 0 Å². The number of nitrogens with zero attached hydrogens (tertiary/aromatic N) is 1. The molecular weight excluding hydrogens is 299 g/mol. The fourth-order valence-electron chi connectivity index (χ4n) is 2.01. The van der Waals surface area contributed by atoms with Crippen molar-refractivity contribution in [3.63, 3.8) is 0 Å². The number of hydrogen-bond donors (Lipinski definition) is 1. The maximum absolute atomic E-state index is 13.6. The summed E-state index contributed by atoms with van der Waals surface area (Å²) in [6, 6.07) is 14.5. The first-order chi connectivity index (χ1) is 10.6. The predicted molar refractivity (Wildman–Crippen MR) is 90.3 cm³/mol. The highest BCUT2D eigenvalue weighted by Crippen LogP contribution is 2.12. The molecule has 2 aromatic rings. The van der Waals surface area contributed by atoms with Crippen molar-refractivity contribution in [3.8, 4) is 5.75 Å². The van der Waals surface area contributed by atoms with Gasteiger partial charge in [-0.25, -0.2) is 4.39 Å². The zero-order valence-electron chi connectivity index (χ0n) is 12.7. The van der Waals surface area contributed by atoms with Gasteiger partial charge in [-0.05, 0) is 36.0 Å². The molecule has 0 bridgehead atoms. The van der Waals surface area contributed by atoms with Crippen molar-refractivity contribution in [1.82, 2.24) is 10.2 Å². The van der Waals surface area contributed by atoms with Crippen LogP contribution in [0, 0.1) is 5.82 Å². The molecule has 1 N–H and O–H groups in total. The molecule has 5 heteroatoms. The summed E-state index contributed by atoms with van der Waals surface area (Å²) in [5, 5.41) is 3.75. The van der Waals surface area contributed by atoms with E-state index in [0.29, 0.717) is 23.8 Å². The van der Waals surface area contributed by atoms with Crippen LogP contribution in [0.4, 0.5) is 4.39 Å². The lowest BCUT2D eigenvalue weighted by atomic mass is 10.2. The Hall–Kier alpha value is -2.14. The Morgan fingerprint density at radius 1 is 1.18 bits per heavy atom. The summed E-state index contributed by atoms with van der Waals surface area (Å²) in [6.45, 7) is 1.05. The molecule has 0 atom stereocenters. The molecule has 22 heavy (non-hydrogen) atoms. The average molecular weight is 318 g/mol. The van der Waals surface area contributed by atoms with Crippen LogP contribution >= 0.6 is 12.2 Å². The SMILES string of the molecule is COc1ccc(CNC(=S)N(C)Cc2ccccc2F)cc1. The van der Waals surface area contributed by atoms with Crippen LogP contribution in [-0.2, 0) is 13.1 Å². The summed E-state index contributed by atoms with van der Waals surface area (Å²) in [7, 11) is 3.48. The maximum Gasteiger partial charge on any atom is 0.169 e. The van der Waals surface area contributed by atoms with E-state index < -0.39 is 0 Å². The van der Waals surface area contributed by atoms with E-state index in [0.717, 1.165) is 11.3 Å². The van der Waals surface area contributed by atoms with E-state index in [4.69, 9.17) is 17.0 Å². The molecule has 0 aliphatic rings. The molecule has 0 amide bonds. The molecule has 3 nitrogen and oxygen atoms in total. The quantitative estimate of drug-likeness (QED) is 0.855. The molecule has 0 saturated carbocycles. The van der Waals surface area contributed by atoms with E-state index in [-0.39, 0.29) is 5.82 Å². The Labute approximate surface area is 135 Å². The Morgan fingerprint density at radius 2 is 1.86 bits per heavy atom. The third-order valence-electron chi connectivity index (χ3n) is 3.31. The molecule has 0 fully saturated rings. The summed E-state index contributed by atoms with van der Waals surface area (Å²) in [4.78, 5) is 1.82. The number of methoxy groups -OCH3 is 1. The van der Waals surface area contributed by atoms with Crippen molar-refractivity contribution >= 4 is 17.3 Å². The normalized spacial score (nSPS) is 10.1. The first kappa shape index (κ1) is 16.2. The highest BCUT2D eigenvalue weighted by molar-refractivity contribution is 7.80. The minimum Gasteiger partial charge on any atom is -0.497 e. The minimum absolute atomic E-state index is 0.215. The number of thiocarbonyl (C=S) groups is 1. The van der Waals surface area contributed by atoms with Crippen molar-refractivity contribution in [2.24, 2.45) is 0 Å². The van der Waals surface area contributed by atoms with Gasteiger partial charge >= 0.3 is 0 Å². The van der Waals surface area contributed by atoms with Crippen LogP contribution in [0.5, 0.6) is 5.75 Å². The second-order valence-corrected chi connectivity index (χ2v) is 5.34. The number of halogens is 1. The van der Waals surface area contributed by atoms with E-state index in [9.17, 15) is 4.39 Å². The smallest absolute Gasteiger partial charge is 0.169 e. The highest BCUT2D eigenvalue weighted by atomic mass is 32.1. The van der Waals surface area contributed by atoms with Crippen molar-refractivity contribution in [3.05, 3.63) is 65.5 Å². The topological polar surface area (TPSA) is 24.5 Å². The van der Waals surface area contributed by atoms with Gasteiger partial charge < -0.3 is 15.0 Å². The molecule has 0 radical (unpaired) electrons. The van der Waals surface area contributed by atoms with Crippen LogP contribution < -0.4 is 10.1 Å². The molecule has 0 saturated heterocycles. The summed E-state index contributed by atoms with van der Waals surface area (Å²) < 4.78 is 18.8. The van der Waals surface area contributed by atoms with Crippen LogP contribution in [0.1, 0.15) is 11.1 Å². The lowest BCUT2D eigenvalue weighted by Crippen LogP contribution is -2.36. The van der Waals surface area contributed by atoms with E-state index in [1.807, 2.05) is 42.3 Å². The number of hydrogen-bond acceptors (Lipinski definition) is 2. The minimum atomic E-state index is -0.215. The summed E-state index contributed by atoms with van der Waals surface area (Å²) >= 11 is 5.33. The Bertz CT molecular complexity index is 631. The van der Waals surface area contributed by atoms with Gasteiger partial charge in [-0.1, -0.05) is 30.3 Å². The van der Waals surface area contributed by atoms with Crippen molar-refractivity contribution < 1.29 is 9.13 Å². The lowest BCUT2D eigenvalue weighted by molar-refractivity contribution is 0.414. The zero-order valence-corrected chi connectivity index (χ0v) is 13.5. The van der Waals surface area contributed by atoms with Gasteiger partial charge in [-0.3, -0.25) is 0 Å². The van der Waals surface area contributed by atoms with Crippen LogP contribution in [0.3, 0.4) is 0 Å². The standard InChI is InChI=1S/C17H19FN2OS/c1-20(12-14-5-3-4-6-16(14)18)17(22)19-11-13-7-9-15(21-2)10-8-13/h3-10H,11-12H2,1-2H3,(H,19,22). The monoisotopic (exact) mass is 318 g/mol. The van der Waals surface area contributed by atoms with Crippen molar-refractivity contribution in [2.45, 2.75) is 13.1 Å². The predicted octanol–water partition coefficient (Wildman–Crippen LogP) is 3.34. The van der Waals surface area contributed by atoms with Gasteiger partial charge in [0.05, 0.1) is 7.11 Å². The van der Waals surface area contributed by atoms with Crippen molar-refractivity contribution in [1.29, 1.82) is 0 Å². The van der Waals surface area contributed by atoms with Crippen LogP contribution in [0.2, 0.25) is 0 Å². The molecule has 0 aliphatic heterocycles. The first-order valence-corrected chi connectivity index (χ1v) is 7.36. The second kappa shape index (κ2) is 7.75. The highest BCUT2D eigenvalue weighted by Gasteiger charge is 2.08. The van der Waals surface area contributed by atoms with E-state index in [2.05, 4.69) is 5.32 Å². The molecule has 0 heterocycles.